The Kier molecular flexibility index (Phi) is 4.29. The minimum absolute atomic E-state index is 0.00780. The van der Waals surface area contributed by atoms with E-state index in [0.29, 0.717) is 6.54 Å². The first kappa shape index (κ1) is 15.2. The van der Waals surface area contributed by atoms with Crippen molar-refractivity contribution in [3.63, 3.8) is 0 Å². The molecule has 2 rings (SSSR count). The number of aryl methyl sites for hydroxylation is 1. The molecule has 1 saturated heterocycles. The van der Waals surface area contributed by atoms with Crippen LogP contribution in [0.2, 0.25) is 0 Å². The third kappa shape index (κ3) is 3.09. The summed E-state index contributed by atoms with van der Waals surface area (Å²) in [6.07, 6.45) is 4.68. The Morgan fingerprint density at radius 2 is 2.05 bits per heavy atom. The smallest absolute Gasteiger partial charge is 0.211 e. The number of likely N-dealkylation sites (N-methyl/N-ethyl adjacent to an activating group) is 1. The lowest BCUT2D eigenvalue weighted by atomic mass is 10.1. The molecule has 0 N–H and O–H groups in total. The zero-order valence-corrected chi connectivity index (χ0v) is 13.3. The van der Waals surface area contributed by atoms with Crippen LogP contribution in [-0.4, -0.2) is 55.1 Å². The van der Waals surface area contributed by atoms with Crippen molar-refractivity contribution < 1.29 is 8.42 Å². The maximum atomic E-state index is 11.7. The average molecular weight is 298 g/mol. The summed E-state index contributed by atoms with van der Waals surface area (Å²) in [6.45, 7) is 5.56. The SMILES string of the molecule is Cc1ncnc(N2CCCC(N(C)S(C)(=O)=O)C2)c1C. The second kappa shape index (κ2) is 5.65. The molecule has 6 nitrogen and oxygen atoms in total. The summed E-state index contributed by atoms with van der Waals surface area (Å²) in [4.78, 5) is 10.7. The molecule has 1 fully saturated rings. The van der Waals surface area contributed by atoms with Gasteiger partial charge in [-0.05, 0) is 26.7 Å². The lowest BCUT2D eigenvalue weighted by Gasteiger charge is -2.37. The molecule has 2 heterocycles. The Morgan fingerprint density at radius 3 is 2.70 bits per heavy atom. The van der Waals surface area contributed by atoms with E-state index < -0.39 is 10.0 Å². The highest BCUT2D eigenvalue weighted by atomic mass is 32.2. The van der Waals surface area contributed by atoms with E-state index >= 15 is 0 Å². The molecule has 0 aliphatic carbocycles. The van der Waals surface area contributed by atoms with Gasteiger partial charge in [0.2, 0.25) is 10.0 Å². The van der Waals surface area contributed by atoms with E-state index in [9.17, 15) is 8.42 Å². The fourth-order valence-corrected chi connectivity index (χ4v) is 3.27. The molecule has 7 heteroatoms. The molecule has 1 atom stereocenters. The van der Waals surface area contributed by atoms with Crippen molar-refractivity contribution >= 4 is 15.8 Å². The van der Waals surface area contributed by atoms with Crippen LogP contribution in [0.5, 0.6) is 0 Å². The third-order valence-corrected chi connectivity index (χ3v) is 5.39. The quantitative estimate of drug-likeness (QED) is 0.831. The Balaban J connectivity index is 2.21. The fourth-order valence-electron chi connectivity index (χ4n) is 2.56. The van der Waals surface area contributed by atoms with E-state index in [1.807, 2.05) is 13.8 Å². The van der Waals surface area contributed by atoms with E-state index in [2.05, 4.69) is 14.9 Å². The number of rotatable bonds is 3. The second-order valence-corrected chi connectivity index (χ2v) is 7.47. The highest BCUT2D eigenvalue weighted by Gasteiger charge is 2.29. The van der Waals surface area contributed by atoms with Crippen molar-refractivity contribution in [2.75, 3.05) is 31.3 Å². The van der Waals surface area contributed by atoms with Gasteiger partial charge in [0.05, 0.1) is 6.26 Å². The van der Waals surface area contributed by atoms with Gasteiger partial charge in [-0.3, -0.25) is 0 Å². The first-order valence-electron chi connectivity index (χ1n) is 6.77. The van der Waals surface area contributed by atoms with Crippen LogP contribution in [0.1, 0.15) is 24.1 Å². The van der Waals surface area contributed by atoms with Gasteiger partial charge in [0.1, 0.15) is 12.1 Å². The van der Waals surface area contributed by atoms with Crippen LogP contribution in [-0.2, 0) is 10.0 Å². The first-order valence-corrected chi connectivity index (χ1v) is 8.61. The number of aromatic nitrogens is 2. The zero-order chi connectivity index (χ0) is 14.9. The number of sulfonamides is 1. The third-order valence-electron chi connectivity index (χ3n) is 4.04. The summed E-state index contributed by atoms with van der Waals surface area (Å²) in [7, 11) is -1.50. The van der Waals surface area contributed by atoms with Crippen molar-refractivity contribution in [3.05, 3.63) is 17.6 Å². The van der Waals surface area contributed by atoms with Gasteiger partial charge in [0.25, 0.3) is 0 Å². The molecule has 0 spiro atoms. The Labute approximate surface area is 120 Å². The van der Waals surface area contributed by atoms with E-state index in [4.69, 9.17) is 0 Å². The van der Waals surface area contributed by atoms with Crippen LogP contribution < -0.4 is 4.90 Å². The lowest BCUT2D eigenvalue weighted by Crippen LogP contribution is -2.48. The summed E-state index contributed by atoms with van der Waals surface area (Å²) in [5.41, 5.74) is 2.03. The van der Waals surface area contributed by atoms with Crippen molar-refractivity contribution in [2.24, 2.45) is 0 Å². The molecule has 1 aliphatic heterocycles. The molecule has 0 bridgehead atoms. The molecule has 0 amide bonds. The second-order valence-electron chi connectivity index (χ2n) is 5.43. The van der Waals surface area contributed by atoms with Crippen molar-refractivity contribution in [2.45, 2.75) is 32.7 Å². The average Bonchev–Trinajstić information content (AvgIpc) is 2.40. The molecular weight excluding hydrogens is 276 g/mol. The highest BCUT2D eigenvalue weighted by molar-refractivity contribution is 7.88. The van der Waals surface area contributed by atoms with Crippen LogP contribution in [0.15, 0.2) is 6.33 Å². The fraction of sp³-hybridized carbons (Fsp3) is 0.692. The van der Waals surface area contributed by atoms with Gasteiger partial charge < -0.3 is 4.90 Å². The van der Waals surface area contributed by atoms with Gasteiger partial charge in [-0.1, -0.05) is 0 Å². The summed E-state index contributed by atoms with van der Waals surface area (Å²) >= 11 is 0. The van der Waals surface area contributed by atoms with Crippen LogP contribution >= 0.6 is 0 Å². The molecule has 0 saturated carbocycles. The maximum Gasteiger partial charge on any atom is 0.211 e. The first-order chi connectivity index (χ1) is 9.30. The number of hydrogen-bond acceptors (Lipinski definition) is 5. The molecule has 0 aromatic carbocycles. The minimum atomic E-state index is -3.15. The molecule has 0 radical (unpaired) electrons. The molecular formula is C13H22N4O2S. The summed E-state index contributed by atoms with van der Waals surface area (Å²) in [5, 5.41) is 0. The van der Waals surface area contributed by atoms with Gasteiger partial charge in [0, 0.05) is 37.4 Å². The predicted octanol–water partition coefficient (Wildman–Crippen LogP) is 0.954. The van der Waals surface area contributed by atoms with E-state index in [1.54, 1.807) is 13.4 Å². The Bertz CT molecular complexity index is 588. The normalized spacial score (nSPS) is 20.4. The molecule has 20 heavy (non-hydrogen) atoms. The number of hydrogen-bond donors (Lipinski definition) is 0. The van der Waals surface area contributed by atoms with Gasteiger partial charge in [-0.25, -0.2) is 22.7 Å². The molecule has 1 aromatic heterocycles. The summed E-state index contributed by atoms with van der Waals surface area (Å²) in [5.74, 6) is 0.920. The van der Waals surface area contributed by atoms with E-state index in [1.165, 1.54) is 10.6 Å². The van der Waals surface area contributed by atoms with E-state index in [-0.39, 0.29) is 6.04 Å². The van der Waals surface area contributed by atoms with Gasteiger partial charge >= 0.3 is 0 Å². The predicted molar refractivity (Wildman–Crippen MR) is 79.3 cm³/mol. The van der Waals surface area contributed by atoms with Crippen molar-refractivity contribution in [1.29, 1.82) is 0 Å². The van der Waals surface area contributed by atoms with Gasteiger partial charge in [0.15, 0.2) is 0 Å². The minimum Gasteiger partial charge on any atom is -0.355 e. The summed E-state index contributed by atoms with van der Waals surface area (Å²) < 4.78 is 24.8. The van der Waals surface area contributed by atoms with Gasteiger partial charge in [-0.15, -0.1) is 0 Å². The highest BCUT2D eigenvalue weighted by Crippen LogP contribution is 2.24. The topological polar surface area (TPSA) is 66.4 Å². The Hall–Kier alpha value is -1.21. The maximum absolute atomic E-state index is 11.7. The molecule has 112 valence electrons. The number of anilines is 1. The Morgan fingerprint density at radius 1 is 1.35 bits per heavy atom. The number of piperidine rings is 1. The van der Waals surface area contributed by atoms with Crippen LogP contribution in [0.3, 0.4) is 0 Å². The molecule has 1 aliphatic rings. The van der Waals surface area contributed by atoms with Crippen molar-refractivity contribution in [3.8, 4) is 0 Å². The van der Waals surface area contributed by atoms with Crippen LogP contribution in [0, 0.1) is 13.8 Å². The molecule has 1 aromatic rings. The van der Waals surface area contributed by atoms with Crippen LogP contribution in [0.25, 0.3) is 0 Å². The standard InChI is InChI=1S/C13H22N4O2S/c1-10-11(2)14-9-15-13(10)17-7-5-6-12(8-17)16(3)20(4,18)19/h9,12H,5-8H2,1-4H3. The summed E-state index contributed by atoms with van der Waals surface area (Å²) in [6, 6.07) is 0.00780. The van der Waals surface area contributed by atoms with E-state index in [0.717, 1.165) is 36.5 Å². The van der Waals surface area contributed by atoms with Gasteiger partial charge in [-0.2, -0.15) is 0 Å². The lowest BCUT2D eigenvalue weighted by molar-refractivity contribution is 0.321. The molecule has 1 unspecified atom stereocenters. The van der Waals surface area contributed by atoms with Crippen LogP contribution in [0.4, 0.5) is 5.82 Å². The van der Waals surface area contributed by atoms with Crippen molar-refractivity contribution in [1.82, 2.24) is 14.3 Å². The number of nitrogens with zero attached hydrogens (tertiary/aromatic N) is 4. The monoisotopic (exact) mass is 298 g/mol. The largest absolute Gasteiger partial charge is 0.355 e. The zero-order valence-electron chi connectivity index (χ0n) is 12.5.